The monoisotopic (exact) mass is 262 g/mol. The molecule has 0 bridgehead atoms. The molecule has 0 fully saturated rings. The van der Waals surface area contributed by atoms with E-state index in [1.807, 2.05) is 26.1 Å². The van der Waals surface area contributed by atoms with Gasteiger partial charge in [-0.2, -0.15) is 0 Å². The van der Waals surface area contributed by atoms with E-state index < -0.39 is 0 Å². The number of hydrogen-bond acceptors (Lipinski definition) is 5. The molecule has 0 saturated heterocycles. The molecule has 0 aliphatic carbocycles. The van der Waals surface area contributed by atoms with Gasteiger partial charge in [-0.15, -0.1) is 11.3 Å². The number of rotatable bonds is 4. The third-order valence-corrected chi connectivity index (χ3v) is 3.41. The van der Waals surface area contributed by atoms with Crippen molar-refractivity contribution in [3.63, 3.8) is 0 Å². The molecule has 0 saturated carbocycles. The van der Waals surface area contributed by atoms with Gasteiger partial charge < -0.3 is 5.32 Å². The molecule has 0 spiro atoms. The maximum atomic E-state index is 4.52. The van der Waals surface area contributed by atoms with Gasteiger partial charge in [-0.1, -0.05) is 13.8 Å². The largest absolute Gasteiger partial charge is 0.365 e. The van der Waals surface area contributed by atoms with E-state index in [0.29, 0.717) is 5.92 Å². The zero-order valence-electron chi connectivity index (χ0n) is 11.2. The number of aryl methyl sites for hydroxylation is 2. The highest BCUT2D eigenvalue weighted by Crippen LogP contribution is 2.16. The Labute approximate surface area is 112 Å². The molecule has 5 heteroatoms. The van der Waals surface area contributed by atoms with Crippen LogP contribution in [0.3, 0.4) is 0 Å². The fraction of sp³-hybridized carbons (Fsp3) is 0.462. The lowest BCUT2D eigenvalue weighted by molar-refractivity contribution is 0.767. The standard InChI is InChI=1S/C13H18N4S/c1-8(2)13-16-9(3)5-12(17-13)15-7-11-6-14-10(4)18-11/h5-6,8H,7H2,1-4H3,(H,15,16,17). The maximum absolute atomic E-state index is 4.52. The van der Waals surface area contributed by atoms with Crippen molar-refractivity contribution in [2.45, 2.75) is 40.2 Å². The molecule has 96 valence electrons. The minimum atomic E-state index is 0.344. The molecular formula is C13H18N4S. The van der Waals surface area contributed by atoms with Gasteiger partial charge >= 0.3 is 0 Å². The second-order valence-corrected chi connectivity index (χ2v) is 5.93. The van der Waals surface area contributed by atoms with Crippen molar-refractivity contribution in [1.29, 1.82) is 0 Å². The predicted molar refractivity (Wildman–Crippen MR) is 75.0 cm³/mol. The molecule has 0 aliphatic rings. The van der Waals surface area contributed by atoms with Gasteiger partial charge in [0.05, 0.1) is 11.6 Å². The Bertz CT molecular complexity index is 534. The number of thiazole rings is 1. The summed E-state index contributed by atoms with van der Waals surface area (Å²) in [6, 6.07) is 1.97. The van der Waals surface area contributed by atoms with E-state index in [4.69, 9.17) is 0 Å². The molecule has 0 amide bonds. The molecule has 0 aromatic carbocycles. The maximum Gasteiger partial charge on any atom is 0.133 e. The highest BCUT2D eigenvalue weighted by Gasteiger charge is 2.06. The summed E-state index contributed by atoms with van der Waals surface area (Å²) in [5.74, 6) is 2.12. The van der Waals surface area contributed by atoms with Crippen molar-refractivity contribution < 1.29 is 0 Å². The number of anilines is 1. The Balaban J connectivity index is 2.09. The van der Waals surface area contributed by atoms with Gasteiger partial charge in [0.2, 0.25) is 0 Å². The van der Waals surface area contributed by atoms with E-state index in [9.17, 15) is 0 Å². The van der Waals surface area contributed by atoms with E-state index in [-0.39, 0.29) is 0 Å². The van der Waals surface area contributed by atoms with Gasteiger partial charge in [0, 0.05) is 28.8 Å². The smallest absolute Gasteiger partial charge is 0.133 e. The lowest BCUT2D eigenvalue weighted by atomic mass is 10.2. The van der Waals surface area contributed by atoms with Crippen molar-refractivity contribution in [2.24, 2.45) is 0 Å². The lowest BCUT2D eigenvalue weighted by Gasteiger charge is -2.09. The molecule has 2 rings (SSSR count). The first kappa shape index (κ1) is 13.0. The van der Waals surface area contributed by atoms with Crippen LogP contribution in [0.25, 0.3) is 0 Å². The molecule has 2 aromatic heterocycles. The first-order chi connectivity index (χ1) is 8.54. The van der Waals surface area contributed by atoms with Crippen molar-refractivity contribution in [3.05, 3.63) is 33.7 Å². The SMILES string of the molecule is Cc1cc(NCc2cnc(C)s2)nc(C(C)C)n1. The average molecular weight is 262 g/mol. The summed E-state index contributed by atoms with van der Waals surface area (Å²) >= 11 is 1.70. The van der Waals surface area contributed by atoms with Crippen molar-refractivity contribution in [1.82, 2.24) is 15.0 Å². The van der Waals surface area contributed by atoms with Gasteiger partial charge in [0.25, 0.3) is 0 Å². The fourth-order valence-corrected chi connectivity index (χ4v) is 2.34. The first-order valence-electron chi connectivity index (χ1n) is 6.05. The third-order valence-electron chi connectivity index (χ3n) is 2.50. The van der Waals surface area contributed by atoms with Crippen molar-refractivity contribution in [2.75, 3.05) is 5.32 Å². The van der Waals surface area contributed by atoms with E-state index in [0.717, 1.165) is 28.9 Å². The quantitative estimate of drug-likeness (QED) is 0.918. The van der Waals surface area contributed by atoms with Gasteiger partial charge in [0.1, 0.15) is 11.6 Å². The summed E-state index contributed by atoms with van der Waals surface area (Å²) in [5.41, 5.74) is 0.997. The molecule has 0 radical (unpaired) electrons. The van der Waals surface area contributed by atoms with Crippen LogP contribution in [0.1, 0.15) is 41.2 Å². The number of hydrogen-bond donors (Lipinski definition) is 1. The Kier molecular flexibility index (Phi) is 3.91. The minimum absolute atomic E-state index is 0.344. The number of nitrogens with one attached hydrogen (secondary N) is 1. The fourth-order valence-electron chi connectivity index (χ4n) is 1.60. The van der Waals surface area contributed by atoms with Crippen LogP contribution in [-0.2, 0) is 6.54 Å². The summed E-state index contributed by atoms with van der Waals surface area (Å²) in [6.07, 6.45) is 1.91. The molecule has 0 unspecified atom stereocenters. The van der Waals surface area contributed by atoms with Crippen LogP contribution >= 0.6 is 11.3 Å². The van der Waals surface area contributed by atoms with E-state index in [1.54, 1.807) is 11.3 Å². The van der Waals surface area contributed by atoms with Crippen LogP contribution in [0.5, 0.6) is 0 Å². The molecule has 4 nitrogen and oxygen atoms in total. The predicted octanol–water partition coefficient (Wildman–Crippen LogP) is 3.29. The van der Waals surface area contributed by atoms with Crippen molar-refractivity contribution >= 4 is 17.2 Å². The Morgan fingerprint density at radius 3 is 2.67 bits per heavy atom. The van der Waals surface area contributed by atoms with Crippen LogP contribution in [0.15, 0.2) is 12.3 Å². The second kappa shape index (κ2) is 5.44. The summed E-state index contributed by atoms with van der Waals surface area (Å²) in [5, 5.41) is 4.42. The van der Waals surface area contributed by atoms with Crippen molar-refractivity contribution in [3.8, 4) is 0 Å². The first-order valence-corrected chi connectivity index (χ1v) is 6.87. The topological polar surface area (TPSA) is 50.7 Å². The van der Waals surface area contributed by atoms with E-state index in [1.165, 1.54) is 4.88 Å². The number of aromatic nitrogens is 3. The van der Waals surface area contributed by atoms with E-state index in [2.05, 4.69) is 34.1 Å². The minimum Gasteiger partial charge on any atom is -0.365 e. The van der Waals surface area contributed by atoms with Gasteiger partial charge in [0.15, 0.2) is 0 Å². The summed E-state index contributed by atoms with van der Waals surface area (Å²) < 4.78 is 0. The highest BCUT2D eigenvalue weighted by atomic mass is 32.1. The molecule has 0 aliphatic heterocycles. The molecular weight excluding hydrogens is 244 g/mol. The Hall–Kier alpha value is -1.49. The van der Waals surface area contributed by atoms with Gasteiger partial charge in [-0.25, -0.2) is 15.0 Å². The molecule has 2 aromatic rings. The zero-order valence-corrected chi connectivity index (χ0v) is 12.0. The molecule has 0 atom stereocenters. The normalized spacial score (nSPS) is 10.9. The van der Waals surface area contributed by atoms with Crippen LogP contribution in [0, 0.1) is 13.8 Å². The van der Waals surface area contributed by atoms with Crippen LogP contribution in [-0.4, -0.2) is 15.0 Å². The van der Waals surface area contributed by atoms with E-state index >= 15 is 0 Å². The molecule has 18 heavy (non-hydrogen) atoms. The average Bonchev–Trinajstić information content (AvgIpc) is 2.72. The van der Waals surface area contributed by atoms with Gasteiger partial charge in [-0.3, -0.25) is 0 Å². The van der Waals surface area contributed by atoms with Crippen LogP contribution in [0.4, 0.5) is 5.82 Å². The van der Waals surface area contributed by atoms with Gasteiger partial charge in [-0.05, 0) is 13.8 Å². The lowest BCUT2D eigenvalue weighted by Crippen LogP contribution is -2.05. The van der Waals surface area contributed by atoms with Crippen LogP contribution in [0.2, 0.25) is 0 Å². The summed E-state index contributed by atoms with van der Waals surface area (Å²) in [7, 11) is 0. The Morgan fingerprint density at radius 2 is 2.06 bits per heavy atom. The summed E-state index contributed by atoms with van der Waals surface area (Å²) in [4.78, 5) is 14.4. The van der Waals surface area contributed by atoms with Crippen LogP contribution < -0.4 is 5.32 Å². The molecule has 1 N–H and O–H groups in total. The number of nitrogens with zero attached hydrogens (tertiary/aromatic N) is 3. The molecule has 2 heterocycles. The highest BCUT2D eigenvalue weighted by molar-refractivity contribution is 7.11. The Morgan fingerprint density at radius 1 is 1.28 bits per heavy atom. The summed E-state index contributed by atoms with van der Waals surface area (Å²) in [6.45, 7) is 8.98. The zero-order chi connectivity index (χ0) is 13.1. The third kappa shape index (κ3) is 3.26. The second-order valence-electron chi connectivity index (χ2n) is 4.61.